The van der Waals surface area contributed by atoms with E-state index >= 15 is 0 Å². The smallest absolute Gasteiger partial charge is 0.308 e. The van der Waals surface area contributed by atoms with Gasteiger partial charge in [0, 0.05) is 12.1 Å². The van der Waals surface area contributed by atoms with E-state index in [1.807, 2.05) is 0 Å². The Bertz CT molecular complexity index is 249. The molecule has 3 heteroatoms. The van der Waals surface area contributed by atoms with Crippen molar-refractivity contribution in [3.8, 4) is 0 Å². The zero-order valence-corrected chi connectivity index (χ0v) is 10.7. The quantitative estimate of drug-likeness (QED) is 0.744. The van der Waals surface area contributed by atoms with Crippen LogP contribution in [0.3, 0.4) is 0 Å². The largest absolute Gasteiger partial charge is 0.481 e. The normalized spacial score (nSPS) is 32.0. The molecule has 2 saturated carbocycles. The lowest BCUT2D eigenvalue weighted by Crippen LogP contribution is -2.45. The monoisotopic (exact) mass is 239 g/mol. The van der Waals surface area contributed by atoms with Crippen LogP contribution in [-0.4, -0.2) is 23.2 Å². The third kappa shape index (κ3) is 3.70. The first-order valence-electron chi connectivity index (χ1n) is 7.26. The van der Waals surface area contributed by atoms with Crippen LogP contribution in [0.15, 0.2) is 0 Å². The molecule has 0 bridgehead atoms. The van der Waals surface area contributed by atoms with Crippen LogP contribution in [0.25, 0.3) is 0 Å². The molecule has 98 valence electrons. The van der Waals surface area contributed by atoms with Crippen molar-refractivity contribution in [3.63, 3.8) is 0 Å². The topological polar surface area (TPSA) is 49.3 Å². The van der Waals surface area contributed by atoms with Gasteiger partial charge in [0.15, 0.2) is 0 Å². The standard InChI is InChI=1S/C14H25NO2/c16-14(17)12-9-5-2-6-10-13(12)15-11-7-3-1-4-8-11/h11-13,15H,1-10H2,(H,16,17). The molecule has 2 aliphatic rings. The maximum absolute atomic E-state index is 11.3. The molecule has 2 atom stereocenters. The fraction of sp³-hybridized carbons (Fsp3) is 0.929. The van der Waals surface area contributed by atoms with Gasteiger partial charge in [-0.15, -0.1) is 0 Å². The van der Waals surface area contributed by atoms with Gasteiger partial charge in [-0.05, 0) is 25.7 Å². The van der Waals surface area contributed by atoms with E-state index < -0.39 is 5.97 Å². The van der Waals surface area contributed by atoms with Crippen molar-refractivity contribution in [1.82, 2.24) is 5.32 Å². The number of carboxylic acids is 1. The average molecular weight is 239 g/mol. The molecular formula is C14H25NO2. The number of rotatable bonds is 3. The van der Waals surface area contributed by atoms with Gasteiger partial charge in [0.05, 0.1) is 5.92 Å². The second-order valence-corrected chi connectivity index (χ2v) is 5.69. The van der Waals surface area contributed by atoms with Crippen LogP contribution >= 0.6 is 0 Å². The van der Waals surface area contributed by atoms with Crippen LogP contribution in [0.5, 0.6) is 0 Å². The van der Waals surface area contributed by atoms with E-state index in [1.165, 1.54) is 44.9 Å². The van der Waals surface area contributed by atoms with Gasteiger partial charge in [-0.2, -0.15) is 0 Å². The second-order valence-electron chi connectivity index (χ2n) is 5.69. The molecule has 17 heavy (non-hydrogen) atoms. The van der Waals surface area contributed by atoms with Crippen LogP contribution in [0.2, 0.25) is 0 Å². The number of carbonyl (C=O) groups is 1. The van der Waals surface area contributed by atoms with Crippen LogP contribution in [-0.2, 0) is 4.79 Å². The minimum absolute atomic E-state index is 0.153. The number of nitrogens with one attached hydrogen (secondary N) is 1. The fourth-order valence-electron chi connectivity index (χ4n) is 3.37. The highest BCUT2D eigenvalue weighted by atomic mass is 16.4. The molecule has 0 heterocycles. The van der Waals surface area contributed by atoms with Gasteiger partial charge in [-0.3, -0.25) is 4.79 Å². The zero-order valence-electron chi connectivity index (χ0n) is 10.7. The molecule has 0 aromatic rings. The Balaban J connectivity index is 1.91. The number of hydrogen-bond acceptors (Lipinski definition) is 2. The highest BCUT2D eigenvalue weighted by molar-refractivity contribution is 5.70. The van der Waals surface area contributed by atoms with Crippen molar-refractivity contribution in [2.45, 2.75) is 76.3 Å². The van der Waals surface area contributed by atoms with Crippen molar-refractivity contribution in [2.24, 2.45) is 5.92 Å². The molecule has 0 aliphatic heterocycles. The lowest BCUT2D eigenvalue weighted by molar-refractivity contribution is -0.143. The maximum atomic E-state index is 11.3. The predicted octanol–water partition coefficient (Wildman–Crippen LogP) is 2.94. The summed E-state index contributed by atoms with van der Waals surface area (Å²) in [5.41, 5.74) is 0. The van der Waals surface area contributed by atoms with E-state index in [9.17, 15) is 9.90 Å². The summed E-state index contributed by atoms with van der Waals surface area (Å²) in [5, 5.41) is 13.0. The van der Waals surface area contributed by atoms with Gasteiger partial charge < -0.3 is 10.4 Å². The third-order valence-electron chi connectivity index (χ3n) is 4.39. The first-order valence-corrected chi connectivity index (χ1v) is 7.26. The molecule has 2 aliphatic carbocycles. The van der Waals surface area contributed by atoms with Gasteiger partial charge in [-0.1, -0.05) is 38.5 Å². The summed E-state index contributed by atoms with van der Waals surface area (Å²) >= 11 is 0. The van der Waals surface area contributed by atoms with E-state index in [1.54, 1.807) is 0 Å². The number of aliphatic carboxylic acids is 1. The summed E-state index contributed by atoms with van der Waals surface area (Å²) in [5.74, 6) is -0.750. The Morgan fingerprint density at radius 1 is 0.882 bits per heavy atom. The number of hydrogen-bond donors (Lipinski definition) is 2. The lowest BCUT2D eigenvalue weighted by Gasteiger charge is -2.30. The van der Waals surface area contributed by atoms with Gasteiger partial charge >= 0.3 is 5.97 Å². The fourth-order valence-corrected chi connectivity index (χ4v) is 3.37. The van der Waals surface area contributed by atoms with Crippen molar-refractivity contribution >= 4 is 5.97 Å². The molecule has 0 spiro atoms. The highest BCUT2D eigenvalue weighted by Gasteiger charge is 2.31. The van der Waals surface area contributed by atoms with Crippen molar-refractivity contribution < 1.29 is 9.90 Å². The van der Waals surface area contributed by atoms with Crippen LogP contribution in [0.1, 0.15) is 64.2 Å². The Morgan fingerprint density at radius 2 is 1.47 bits per heavy atom. The summed E-state index contributed by atoms with van der Waals surface area (Å²) in [6.45, 7) is 0. The van der Waals surface area contributed by atoms with Gasteiger partial charge in [-0.25, -0.2) is 0 Å². The summed E-state index contributed by atoms with van der Waals surface area (Å²) in [6.07, 6.45) is 11.8. The molecule has 0 aromatic heterocycles. The summed E-state index contributed by atoms with van der Waals surface area (Å²) in [4.78, 5) is 11.3. The Morgan fingerprint density at radius 3 is 2.12 bits per heavy atom. The average Bonchev–Trinajstić information content (AvgIpc) is 2.56. The minimum Gasteiger partial charge on any atom is -0.481 e. The minimum atomic E-state index is -0.597. The molecule has 2 rings (SSSR count). The van der Waals surface area contributed by atoms with Gasteiger partial charge in [0.2, 0.25) is 0 Å². The van der Waals surface area contributed by atoms with Crippen molar-refractivity contribution in [3.05, 3.63) is 0 Å². The molecule has 0 radical (unpaired) electrons. The second kappa shape index (κ2) is 6.39. The third-order valence-corrected chi connectivity index (χ3v) is 4.39. The zero-order chi connectivity index (χ0) is 12.1. The summed E-state index contributed by atoms with van der Waals surface area (Å²) < 4.78 is 0. The number of carboxylic acid groups (broad SMARTS) is 1. The molecule has 0 amide bonds. The molecule has 2 unspecified atom stereocenters. The van der Waals surface area contributed by atoms with E-state index in [-0.39, 0.29) is 12.0 Å². The molecule has 2 fully saturated rings. The van der Waals surface area contributed by atoms with E-state index in [2.05, 4.69) is 5.32 Å². The van der Waals surface area contributed by atoms with Crippen LogP contribution in [0.4, 0.5) is 0 Å². The van der Waals surface area contributed by atoms with Crippen LogP contribution in [0, 0.1) is 5.92 Å². The van der Waals surface area contributed by atoms with Crippen LogP contribution < -0.4 is 5.32 Å². The summed E-state index contributed by atoms with van der Waals surface area (Å²) in [6, 6.07) is 0.798. The highest BCUT2D eigenvalue weighted by Crippen LogP contribution is 2.26. The first-order chi connectivity index (χ1) is 8.27. The Hall–Kier alpha value is -0.570. The molecule has 0 aromatic carbocycles. The van der Waals surface area contributed by atoms with E-state index in [0.717, 1.165) is 19.3 Å². The Kier molecular flexibility index (Phi) is 4.84. The SMILES string of the molecule is O=C(O)C1CCCCCC1NC1CCCCC1. The van der Waals surface area contributed by atoms with E-state index in [0.29, 0.717) is 6.04 Å². The molecule has 3 nitrogen and oxygen atoms in total. The molecule has 0 saturated heterocycles. The predicted molar refractivity (Wildman–Crippen MR) is 68.0 cm³/mol. The van der Waals surface area contributed by atoms with Gasteiger partial charge in [0.25, 0.3) is 0 Å². The van der Waals surface area contributed by atoms with Gasteiger partial charge in [0.1, 0.15) is 0 Å². The Labute approximate surface area is 104 Å². The van der Waals surface area contributed by atoms with E-state index in [4.69, 9.17) is 0 Å². The first kappa shape index (κ1) is 12.9. The molecular weight excluding hydrogens is 214 g/mol. The lowest BCUT2D eigenvalue weighted by atomic mass is 9.90. The van der Waals surface area contributed by atoms with Crippen molar-refractivity contribution in [2.75, 3.05) is 0 Å². The summed E-state index contributed by atoms with van der Waals surface area (Å²) in [7, 11) is 0. The van der Waals surface area contributed by atoms with Crippen molar-refractivity contribution in [1.29, 1.82) is 0 Å². The maximum Gasteiger partial charge on any atom is 0.308 e. The molecule has 2 N–H and O–H groups in total.